The number of thioether (sulfide) groups is 2. The molecule has 1 heterocycles. The Kier molecular flexibility index (Phi) is 6.45. The summed E-state index contributed by atoms with van der Waals surface area (Å²) in [6, 6.07) is 3.75. The summed E-state index contributed by atoms with van der Waals surface area (Å²) in [6.07, 6.45) is 3.36. The van der Waals surface area contributed by atoms with E-state index >= 15 is 0 Å². The van der Waals surface area contributed by atoms with E-state index < -0.39 is 0 Å². The van der Waals surface area contributed by atoms with Gasteiger partial charge in [-0.15, -0.1) is 23.5 Å². The molecule has 1 aliphatic heterocycles. The van der Waals surface area contributed by atoms with Crippen LogP contribution in [0.3, 0.4) is 0 Å². The second-order valence-electron chi connectivity index (χ2n) is 4.39. The van der Waals surface area contributed by atoms with E-state index in [2.05, 4.69) is 6.08 Å². The minimum atomic E-state index is 0.408. The smallest absolute Gasteiger partial charge is 0.203 e. The Morgan fingerprint density at radius 2 is 1.67 bits per heavy atom. The molecule has 0 aliphatic carbocycles. The third-order valence-corrected chi connectivity index (χ3v) is 6.21. The maximum atomic E-state index is 6.48. The monoisotopic (exact) mass is 346 g/mol. The summed E-state index contributed by atoms with van der Waals surface area (Å²) in [5.41, 5.74) is 0.873. The van der Waals surface area contributed by atoms with Gasteiger partial charge < -0.3 is 14.2 Å². The van der Waals surface area contributed by atoms with Crippen LogP contribution in [0.4, 0.5) is 0 Å². The predicted octanol–water partition coefficient (Wildman–Crippen LogP) is 4.49. The van der Waals surface area contributed by atoms with Crippen molar-refractivity contribution < 1.29 is 14.2 Å². The van der Waals surface area contributed by atoms with Crippen molar-refractivity contribution in [2.24, 2.45) is 0 Å². The SMILES string of the molecule is COc1cc(C(Cl)=CC2SCCCS2)cc(OC)c1OC. The van der Waals surface area contributed by atoms with Crippen LogP contribution in [0.25, 0.3) is 5.03 Å². The highest BCUT2D eigenvalue weighted by atomic mass is 35.5. The molecule has 1 aromatic rings. The number of rotatable bonds is 5. The first-order valence-corrected chi connectivity index (χ1v) is 9.08. The largest absolute Gasteiger partial charge is 0.493 e. The molecule has 1 fully saturated rings. The van der Waals surface area contributed by atoms with Gasteiger partial charge >= 0.3 is 0 Å². The van der Waals surface area contributed by atoms with Crippen LogP contribution in [0, 0.1) is 0 Å². The second-order valence-corrected chi connectivity index (χ2v) is 7.60. The molecule has 1 aliphatic rings. The highest BCUT2D eigenvalue weighted by Gasteiger charge is 2.17. The van der Waals surface area contributed by atoms with E-state index in [1.165, 1.54) is 17.9 Å². The van der Waals surface area contributed by atoms with E-state index in [1.54, 1.807) is 21.3 Å². The molecular formula is C15H19ClO3S2. The van der Waals surface area contributed by atoms with Crippen LogP contribution in [-0.4, -0.2) is 37.4 Å². The maximum absolute atomic E-state index is 6.48. The first-order chi connectivity index (χ1) is 10.2. The molecule has 21 heavy (non-hydrogen) atoms. The molecule has 0 unspecified atom stereocenters. The maximum Gasteiger partial charge on any atom is 0.203 e. The van der Waals surface area contributed by atoms with E-state index in [9.17, 15) is 0 Å². The molecule has 2 rings (SSSR count). The summed E-state index contributed by atoms with van der Waals surface area (Å²) >= 11 is 10.3. The Labute approximate surface area is 139 Å². The van der Waals surface area contributed by atoms with Crippen LogP contribution in [0.5, 0.6) is 17.2 Å². The first-order valence-electron chi connectivity index (χ1n) is 6.60. The zero-order valence-electron chi connectivity index (χ0n) is 12.3. The van der Waals surface area contributed by atoms with Gasteiger partial charge in [-0.05, 0) is 36.1 Å². The molecular weight excluding hydrogens is 328 g/mol. The van der Waals surface area contributed by atoms with Crippen LogP contribution in [0.2, 0.25) is 0 Å². The van der Waals surface area contributed by atoms with E-state index in [-0.39, 0.29) is 0 Å². The zero-order valence-corrected chi connectivity index (χ0v) is 14.7. The Hall–Kier alpha value is -0.650. The molecule has 0 spiro atoms. The lowest BCUT2D eigenvalue weighted by Gasteiger charge is -2.18. The van der Waals surface area contributed by atoms with Crippen LogP contribution < -0.4 is 14.2 Å². The van der Waals surface area contributed by atoms with Crippen LogP contribution in [0.15, 0.2) is 18.2 Å². The van der Waals surface area contributed by atoms with Crippen LogP contribution in [-0.2, 0) is 0 Å². The van der Waals surface area contributed by atoms with Gasteiger partial charge in [0.25, 0.3) is 0 Å². The van der Waals surface area contributed by atoms with Gasteiger partial charge in [-0.25, -0.2) is 0 Å². The zero-order chi connectivity index (χ0) is 15.2. The Morgan fingerprint density at radius 1 is 1.10 bits per heavy atom. The van der Waals surface area contributed by atoms with Crippen molar-refractivity contribution >= 4 is 40.2 Å². The fourth-order valence-corrected chi connectivity index (χ4v) is 5.12. The third kappa shape index (κ3) is 4.18. The van der Waals surface area contributed by atoms with Crippen LogP contribution in [0.1, 0.15) is 12.0 Å². The van der Waals surface area contributed by atoms with E-state index in [4.69, 9.17) is 25.8 Å². The Balaban J connectivity index is 2.31. The van der Waals surface area contributed by atoms with Gasteiger partial charge in [-0.3, -0.25) is 0 Å². The summed E-state index contributed by atoms with van der Waals surface area (Å²) in [6.45, 7) is 0. The third-order valence-electron chi connectivity index (χ3n) is 3.08. The summed E-state index contributed by atoms with van der Waals surface area (Å²) in [5.74, 6) is 4.18. The number of halogens is 1. The number of hydrogen-bond acceptors (Lipinski definition) is 5. The molecule has 1 saturated heterocycles. The molecule has 116 valence electrons. The van der Waals surface area contributed by atoms with Crippen molar-refractivity contribution in [1.29, 1.82) is 0 Å². The van der Waals surface area contributed by atoms with Crippen molar-refractivity contribution in [3.8, 4) is 17.2 Å². The molecule has 3 nitrogen and oxygen atoms in total. The molecule has 0 amide bonds. The normalized spacial score (nSPS) is 16.7. The van der Waals surface area contributed by atoms with Crippen LogP contribution >= 0.6 is 35.1 Å². The lowest BCUT2D eigenvalue weighted by molar-refractivity contribution is 0.324. The first kappa shape index (κ1) is 16.7. The molecule has 1 aromatic carbocycles. The average Bonchev–Trinajstić information content (AvgIpc) is 2.54. The van der Waals surface area contributed by atoms with Gasteiger partial charge in [0.2, 0.25) is 5.75 Å². The molecule has 6 heteroatoms. The molecule has 0 radical (unpaired) electrons. The standard InChI is InChI=1S/C15H19ClO3S2/c1-17-12-7-10(8-13(18-2)15(12)19-3)11(16)9-14-20-5-4-6-21-14/h7-9,14H,4-6H2,1-3H3. The number of benzene rings is 1. The Morgan fingerprint density at radius 3 is 2.14 bits per heavy atom. The molecule has 0 atom stereocenters. The summed E-state index contributed by atoms with van der Waals surface area (Å²) in [7, 11) is 4.80. The number of ether oxygens (including phenoxy) is 3. The van der Waals surface area contributed by atoms with Gasteiger partial charge in [-0.2, -0.15) is 0 Å². The second kappa shape index (κ2) is 8.11. The van der Waals surface area contributed by atoms with E-state index in [0.29, 0.717) is 26.9 Å². The quantitative estimate of drug-likeness (QED) is 0.783. The summed E-state index contributed by atoms with van der Waals surface area (Å²) in [4.78, 5) is 0. The molecule has 0 N–H and O–H groups in total. The van der Waals surface area contributed by atoms with E-state index in [0.717, 1.165) is 5.56 Å². The lowest BCUT2D eigenvalue weighted by atomic mass is 10.1. The number of methoxy groups -OCH3 is 3. The van der Waals surface area contributed by atoms with Gasteiger partial charge in [0.15, 0.2) is 11.5 Å². The van der Waals surface area contributed by atoms with Crippen molar-refractivity contribution in [2.75, 3.05) is 32.8 Å². The van der Waals surface area contributed by atoms with Crippen molar-refractivity contribution in [3.63, 3.8) is 0 Å². The summed E-state index contributed by atoms with van der Waals surface area (Å²) in [5, 5.41) is 0.709. The average molecular weight is 347 g/mol. The highest BCUT2D eigenvalue weighted by Crippen LogP contribution is 2.41. The van der Waals surface area contributed by atoms with Crippen molar-refractivity contribution in [3.05, 3.63) is 23.8 Å². The highest BCUT2D eigenvalue weighted by molar-refractivity contribution is 8.17. The minimum Gasteiger partial charge on any atom is -0.493 e. The summed E-state index contributed by atoms with van der Waals surface area (Å²) < 4.78 is 16.4. The van der Waals surface area contributed by atoms with Gasteiger partial charge in [0.05, 0.1) is 25.9 Å². The fraction of sp³-hybridized carbons (Fsp3) is 0.467. The molecule has 0 bridgehead atoms. The Bertz CT molecular complexity index is 489. The lowest BCUT2D eigenvalue weighted by Crippen LogP contribution is -2.03. The molecule has 0 aromatic heterocycles. The van der Waals surface area contributed by atoms with Gasteiger partial charge in [0.1, 0.15) is 0 Å². The van der Waals surface area contributed by atoms with Gasteiger partial charge in [-0.1, -0.05) is 11.6 Å². The fourth-order valence-electron chi connectivity index (χ4n) is 2.04. The van der Waals surface area contributed by atoms with Gasteiger partial charge in [0, 0.05) is 10.6 Å². The number of hydrogen-bond donors (Lipinski definition) is 0. The van der Waals surface area contributed by atoms with Crippen molar-refractivity contribution in [1.82, 2.24) is 0 Å². The topological polar surface area (TPSA) is 27.7 Å². The van der Waals surface area contributed by atoms with E-state index in [1.807, 2.05) is 35.7 Å². The van der Waals surface area contributed by atoms with Crippen molar-refractivity contribution in [2.45, 2.75) is 11.0 Å². The predicted molar refractivity (Wildman–Crippen MR) is 93.2 cm³/mol. The minimum absolute atomic E-state index is 0.408. The molecule has 0 saturated carbocycles.